The van der Waals surface area contributed by atoms with Crippen molar-refractivity contribution in [2.75, 3.05) is 12.4 Å². The molecule has 0 saturated carbocycles. The van der Waals surface area contributed by atoms with Crippen LogP contribution in [0.4, 0.5) is 0 Å². The van der Waals surface area contributed by atoms with Gasteiger partial charge in [0.05, 0.1) is 12.4 Å². The molecule has 2 aromatic heterocycles. The Morgan fingerprint density at radius 3 is 3.00 bits per heavy atom. The van der Waals surface area contributed by atoms with E-state index in [0.717, 1.165) is 23.3 Å². The van der Waals surface area contributed by atoms with Gasteiger partial charge in [-0.05, 0) is 51.5 Å². The average molecular weight is 380 g/mol. The highest BCUT2D eigenvalue weighted by molar-refractivity contribution is 7.99. The van der Waals surface area contributed by atoms with E-state index in [-0.39, 0.29) is 17.8 Å². The molecule has 1 atom stereocenters. The van der Waals surface area contributed by atoms with E-state index in [0.29, 0.717) is 6.61 Å². The molecule has 0 radical (unpaired) electrons. The minimum atomic E-state index is -0.214. The number of nitrogens with zero attached hydrogens (tertiary/aromatic N) is 3. The molecule has 0 aliphatic heterocycles. The van der Waals surface area contributed by atoms with Crippen molar-refractivity contribution in [2.24, 2.45) is 5.92 Å². The monoisotopic (exact) mass is 379 g/mol. The van der Waals surface area contributed by atoms with Gasteiger partial charge in [-0.3, -0.25) is 9.36 Å². The molecule has 0 bridgehead atoms. The molecule has 1 aliphatic rings. The third kappa shape index (κ3) is 3.92. The second-order valence-electron chi connectivity index (χ2n) is 6.76. The largest absolute Gasteiger partial charge is 0.465 e. The zero-order valence-electron chi connectivity index (χ0n) is 15.2. The Morgan fingerprint density at radius 2 is 2.28 bits per heavy atom. The summed E-state index contributed by atoms with van der Waals surface area (Å²) in [5.74, 6) is 1.73. The van der Waals surface area contributed by atoms with Gasteiger partial charge in [0.1, 0.15) is 0 Å². The van der Waals surface area contributed by atoms with Crippen molar-refractivity contribution in [3.8, 4) is 11.4 Å². The molecular weight excluding hydrogens is 354 g/mol. The van der Waals surface area contributed by atoms with Crippen LogP contribution >= 0.6 is 23.1 Å². The molecule has 2 heterocycles. The number of fused-ring (bicyclic) bond motifs is 1. The summed E-state index contributed by atoms with van der Waals surface area (Å²) in [5.41, 5.74) is 2.66. The number of thiophene rings is 1. The van der Waals surface area contributed by atoms with Crippen molar-refractivity contribution in [3.05, 3.63) is 15.8 Å². The summed E-state index contributed by atoms with van der Waals surface area (Å²) in [6.45, 7) is 8.80. The second kappa shape index (κ2) is 7.91. The SMILES string of the molecule is CCOC(=O)CSc1nnc(-c2csc3c2CCC(C)C3)n1C(C)C. The fourth-order valence-corrected chi connectivity index (χ4v) is 5.32. The lowest BCUT2D eigenvalue weighted by Crippen LogP contribution is -2.11. The quantitative estimate of drug-likeness (QED) is 0.551. The highest BCUT2D eigenvalue weighted by atomic mass is 32.2. The zero-order chi connectivity index (χ0) is 18.0. The van der Waals surface area contributed by atoms with Crippen LogP contribution in [0, 0.1) is 5.92 Å². The van der Waals surface area contributed by atoms with Crippen molar-refractivity contribution in [1.29, 1.82) is 0 Å². The molecule has 25 heavy (non-hydrogen) atoms. The molecule has 1 unspecified atom stereocenters. The van der Waals surface area contributed by atoms with Crippen LogP contribution in [-0.4, -0.2) is 33.1 Å². The Morgan fingerprint density at radius 1 is 1.48 bits per heavy atom. The maximum absolute atomic E-state index is 11.7. The minimum absolute atomic E-state index is 0.214. The molecule has 0 aromatic carbocycles. The first-order chi connectivity index (χ1) is 12.0. The number of carbonyl (C=O) groups excluding carboxylic acids is 1. The highest BCUT2D eigenvalue weighted by Gasteiger charge is 2.25. The van der Waals surface area contributed by atoms with Crippen molar-refractivity contribution >= 4 is 29.1 Å². The van der Waals surface area contributed by atoms with Crippen LogP contribution in [0.1, 0.15) is 50.6 Å². The lowest BCUT2D eigenvalue weighted by molar-refractivity contribution is -0.139. The molecule has 1 aliphatic carbocycles. The first-order valence-electron chi connectivity index (χ1n) is 8.84. The molecule has 0 N–H and O–H groups in total. The van der Waals surface area contributed by atoms with Crippen LogP contribution < -0.4 is 0 Å². The average Bonchev–Trinajstić information content (AvgIpc) is 3.16. The molecule has 136 valence electrons. The van der Waals surface area contributed by atoms with Gasteiger partial charge in [-0.25, -0.2) is 0 Å². The molecule has 0 fully saturated rings. The fraction of sp³-hybridized carbons (Fsp3) is 0.611. The molecule has 5 nitrogen and oxygen atoms in total. The van der Waals surface area contributed by atoms with E-state index in [9.17, 15) is 4.79 Å². The molecule has 0 saturated heterocycles. The third-order valence-electron chi connectivity index (χ3n) is 4.45. The summed E-state index contributed by atoms with van der Waals surface area (Å²) in [7, 11) is 0. The number of rotatable bonds is 6. The van der Waals surface area contributed by atoms with E-state index in [2.05, 4.69) is 40.9 Å². The smallest absolute Gasteiger partial charge is 0.316 e. The van der Waals surface area contributed by atoms with Gasteiger partial charge < -0.3 is 4.74 Å². The summed E-state index contributed by atoms with van der Waals surface area (Å²) in [6.07, 6.45) is 3.52. The van der Waals surface area contributed by atoms with Crippen molar-refractivity contribution in [3.63, 3.8) is 0 Å². The number of hydrogen-bond donors (Lipinski definition) is 0. The molecule has 2 aromatic rings. The zero-order valence-corrected chi connectivity index (χ0v) is 16.9. The van der Waals surface area contributed by atoms with Crippen LogP contribution in [0.15, 0.2) is 10.5 Å². The second-order valence-corrected chi connectivity index (χ2v) is 8.67. The highest BCUT2D eigenvalue weighted by Crippen LogP contribution is 2.39. The number of ether oxygens (including phenoxy) is 1. The minimum Gasteiger partial charge on any atom is -0.465 e. The number of thioether (sulfide) groups is 1. The fourth-order valence-electron chi connectivity index (χ4n) is 3.22. The number of aromatic nitrogens is 3. The van der Waals surface area contributed by atoms with Crippen LogP contribution in [0.3, 0.4) is 0 Å². The molecule has 0 amide bonds. The van der Waals surface area contributed by atoms with E-state index in [1.165, 1.54) is 40.6 Å². The Balaban J connectivity index is 1.89. The van der Waals surface area contributed by atoms with Gasteiger partial charge in [-0.2, -0.15) is 0 Å². The maximum Gasteiger partial charge on any atom is 0.316 e. The molecule has 3 rings (SSSR count). The number of esters is 1. The van der Waals surface area contributed by atoms with Gasteiger partial charge in [0.2, 0.25) is 0 Å². The Labute approximate surface area is 157 Å². The first-order valence-corrected chi connectivity index (χ1v) is 10.7. The van der Waals surface area contributed by atoms with E-state index >= 15 is 0 Å². The molecule has 0 spiro atoms. The summed E-state index contributed by atoms with van der Waals surface area (Å²) < 4.78 is 7.15. The number of hydrogen-bond acceptors (Lipinski definition) is 6. The van der Waals surface area contributed by atoms with Gasteiger partial charge >= 0.3 is 5.97 Å². The van der Waals surface area contributed by atoms with Crippen LogP contribution in [0.25, 0.3) is 11.4 Å². The Hall–Kier alpha value is -1.34. The first kappa shape index (κ1) is 18.5. The van der Waals surface area contributed by atoms with Gasteiger partial charge in [-0.15, -0.1) is 21.5 Å². The van der Waals surface area contributed by atoms with E-state index in [1.807, 2.05) is 18.3 Å². The molecule has 7 heteroatoms. The predicted octanol–water partition coefficient (Wildman–Crippen LogP) is 4.37. The normalized spacial score (nSPS) is 16.9. The summed E-state index contributed by atoms with van der Waals surface area (Å²) in [6, 6.07) is 0.229. The lowest BCUT2D eigenvalue weighted by atomic mass is 9.88. The summed E-state index contributed by atoms with van der Waals surface area (Å²) in [5, 5.41) is 11.8. The Bertz CT molecular complexity index is 752. The van der Waals surface area contributed by atoms with Crippen LogP contribution in [0.5, 0.6) is 0 Å². The third-order valence-corrected chi connectivity index (χ3v) is 6.42. The van der Waals surface area contributed by atoms with E-state index in [4.69, 9.17) is 4.74 Å². The van der Waals surface area contributed by atoms with E-state index < -0.39 is 0 Å². The van der Waals surface area contributed by atoms with Gasteiger partial charge in [0.25, 0.3) is 0 Å². The topological polar surface area (TPSA) is 57.0 Å². The summed E-state index contributed by atoms with van der Waals surface area (Å²) >= 11 is 3.24. The van der Waals surface area contributed by atoms with Crippen molar-refractivity contribution in [1.82, 2.24) is 14.8 Å². The van der Waals surface area contributed by atoms with Gasteiger partial charge in [-0.1, -0.05) is 18.7 Å². The van der Waals surface area contributed by atoms with Gasteiger partial charge in [0.15, 0.2) is 11.0 Å². The van der Waals surface area contributed by atoms with Crippen LogP contribution in [-0.2, 0) is 22.4 Å². The predicted molar refractivity (Wildman–Crippen MR) is 102 cm³/mol. The van der Waals surface area contributed by atoms with Crippen molar-refractivity contribution in [2.45, 2.75) is 58.2 Å². The summed E-state index contributed by atoms with van der Waals surface area (Å²) in [4.78, 5) is 13.1. The standard InChI is InChI=1S/C18H25N3O2S2/c1-5-23-16(22)10-25-18-20-19-17(21(18)11(2)3)14-9-24-15-8-12(4)6-7-13(14)15/h9,11-12H,5-8,10H2,1-4H3. The molecular formula is C18H25N3O2S2. The maximum atomic E-state index is 11.7. The van der Waals surface area contributed by atoms with E-state index in [1.54, 1.807) is 0 Å². The van der Waals surface area contributed by atoms with Gasteiger partial charge in [0, 0.05) is 21.9 Å². The Kier molecular flexibility index (Phi) is 5.84. The number of carbonyl (C=O) groups is 1. The lowest BCUT2D eigenvalue weighted by Gasteiger charge is -2.19. The van der Waals surface area contributed by atoms with Crippen LogP contribution in [0.2, 0.25) is 0 Å². The van der Waals surface area contributed by atoms with Crippen molar-refractivity contribution < 1.29 is 9.53 Å².